The van der Waals surface area contributed by atoms with Crippen LogP contribution in [0.4, 0.5) is 0 Å². The summed E-state index contributed by atoms with van der Waals surface area (Å²) in [5.74, 6) is 1.43. The van der Waals surface area contributed by atoms with Crippen LogP contribution in [0.5, 0.6) is 11.5 Å². The largest absolute Gasteiger partial charge is 0.493 e. The molecule has 2 aromatic carbocycles. The first-order valence-electron chi connectivity index (χ1n) is 8.80. The van der Waals surface area contributed by atoms with Crippen LogP contribution in [0.15, 0.2) is 65.4 Å². The summed E-state index contributed by atoms with van der Waals surface area (Å²) in [6.45, 7) is 4.06. The fourth-order valence-corrected chi connectivity index (χ4v) is 3.31. The summed E-state index contributed by atoms with van der Waals surface area (Å²) < 4.78 is 12.4. The number of rotatable bonds is 8. The average molecular weight is 464 g/mol. The maximum absolute atomic E-state index is 6.01. The number of ether oxygens (including phenoxy) is 2. The maximum atomic E-state index is 6.01. The van der Waals surface area contributed by atoms with Crippen molar-refractivity contribution in [1.29, 1.82) is 0 Å². The van der Waals surface area contributed by atoms with E-state index in [9.17, 15) is 0 Å². The molecule has 0 unspecified atom stereocenters. The van der Waals surface area contributed by atoms with Crippen LogP contribution in [0.2, 0.25) is 0 Å². The van der Waals surface area contributed by atoms with Crippen molar-refractivity contribution in [3.8, 4) is 11.5 Å². The molecule has 1 N–H and O–H groups in total. The first-order valence-corrected chi connectivity index (χ1v) is 9.59. The molecule has 0 aliphatic carbocycles. The minimum atomic E-state index is 0. The van der Waals surface area contributed by atoms with Crippen molar-refractivity contribution in [2.45, 2.75) is 26.6 Å². The van der Waals surface area contributed by atoms with E-state index in [1.54, 1.807) is 13.3 Å². The zero-order valence-electron chi connectivity index (χ0n) is 15.9. The monoisotopic (exact) mass is 462 g/mol. The molecular formula is C22H24BrClN2O2. The van der Waals surface area contributed by atoms with Gasteiger partial charge in [0.1, 0.15) is 6.61 Å². The zero-order valence-corrected chi connectivity index (χ0v) is 18.3. The van der Waals surface area contributed by atoms with Gasteiger partial charge in [0.05, 0.1) is 11.6 Å². The van der Waals surface area contributed by atoms with E-state index in [4.69, 9.17) is 9.47 Å². The van der Waals surface area contributed by atoms with Crippen LogP contribution < -0.4 is 14.8 Å². The van der Waals surface area contributed by atoms with E-state index in [1.165, 1.54) is 5.56 Å². The van der Waals surface area contributed by atoms with Crippen molar-refractivity contribution in [3.05, 3.63) is 87.7 Å². The Morgan fingerprint density at radius 3 is 2.43 bits per heavy atom. The SMILES string of the molecule is COc1cc(CNCc2cccnc2)cc(Br)c1OCc1ccc(C)cc1.Cl. The number of nitrogens with zero attached hydrogens (tertiary/aromatic N) is 1. The lowest BCUT2D eigenvalue weighted by Gasteiger charge is -2.15. The first-order chi connectivity index (χ1) is 13.2. The number of pyridine rings is 1. The number of benzene rings is 2. The molecule has 0 saturated heterocycles. The molecule has 0 spiro atoms. The van der Waals surface area contributed by atoms with Crippen LogP contribution in [-0.2, 0) is 19.7 Å². The minimum absolute atomic E-state index is 0. The van der Waals surface area contributed by atoms with E-state index in [1.807, 2.05) is 18.3 Å². The zero-order chi connectivity index (χ0) is 19.1. The van der Waals surface area contributed by atoms with E-state index in [-0.39, 0.29) is 12.4 Å². The topological polar surface area (TPSA) is 43.4 Å². The van der Waals surface area contributed by atoms with E-state index in [2.05, 4.69) is 69.6 Å². The van der Waals surface area contributed by atoms with E-state index in [0.29, 0.717) is 12.4 Å². The van der Waals surface area contributed by atoms with Gasteiger partial charge in [-0.15, -0.1) is 12.4 Å². The van der Waals surface area contributed by atoms with Gasteiger partial charge in [0, 0.05) is 25.5 Å². The second-order valence-corrected chi connectivity index (χ2v) is 7.20. The fraction of sp³-hybridized carbons (Fsp3) is 0.227. The highest BCUT2D eigenvalue weighted by atomic mass is 79.9. The Morgan fingerprint density at radius 1 is 1.00 bits per heavy atom. The molecule has 6 heteroatoms. The number of aryl methyl sites for hydroxylation is 1. The third-order valence-electron chi connectivity index (χ3n) is 4.17. The molecule has 3 rings (SSSR count). The highest BCUT2D eigenvalue weighted by Crippen LogP contribution is 2.37. The van der Waals surface area contributed by atoms with Gasteiger partial charge in [-0.25, -0.2) is 0 Å². The number of aromatic nitrogens is 1. The highest BCUT2D eigenvalue weighted by molar-refractivity contribution is 9.10. The molecule has 0 amide bonds. The molecular weight excluding hydrogens is 440 g/mol. The van der Waals surface area contributed by atoms with Crippen molar-refractivity contribution < 1.29 is 9.47 Å². The summed E-state index contributed by atoms with van der Waals surface area (Å²) in [5.41, 5.74) is 4.63. The maximum Gasteiger partial charge on any atom is 0.175 e. The molecule has 0 radical (unpaired) electrons. The van der Waals surface area contributed by atoms with Crippen LogP contribution in [0.3, 0.4) is 0 Å². The van der Waals surface area contributed by atoms with Crippen LogP contribution in [0.25, 0.3) is 0 Å². The van der Waals surface area contributed by atoms with Crippen LogP contribution in [0.1, 0.15) is 22.3 Å². The van der Waals surface area contributed by atoms with Crippen molar-refractivity contribution in [2.24, 2.45) is 0 Å². The lowest BCUT2D eigenvalue weighted by atomic mass is 10.1. The molecule has 1 heterocycles. The summed E-state index contributed by atoms with van der Waals surface area (Å²) >= 11 is 3.62. The molecule has 4 nitrogen and oxygen atoms in total. The second kappa shape index (κ2) is 11.1. The summed E-state index contributed by atoms with van der Waals surface area (Å²) in [6.07, 6.45) is 3.65. The fourth-order valence-electron chi connectivity index (χ4n) is 2.71. The molecule has 0 aliphatic heterocycles. The molecule has 0 bridgehead atoms. The smallest absolute Gasteiger partial charge is 0.175 e. The van der Waals surface area contributed by atoms with Gasteiger partial charge in [0.25, 0.3) is 0 Å². The Kier molecular flexibility index (Phi) is 8.77. The van der Waals surface area contributed by atoms with Crippen molar-refractivity contribution in [1.82, 2.24) is 10.3 Å². The lowest BCUT2D eigenvalue weighted by Crippen LogP contribution is -2.13. The summed E-state index contributed by atoms with van der Waals surface area (Å²) in [6, 6.07) is 16.4. The Bertz CT molecular complexity index is 874. The Morgan fingerprint density at radius 2 is 1.75 bits per heavy atom. The van der Waals surface area contributed by atoms with E-state index < -0.39 is 0 Å². The third kappa shape index (κ3) is 6.23. The Labute approximate surface area is 180 Å². The molecule has 148 valence electrons. The number of halogens is 2. The first kappa shape index (κ1) is 22.2. The number of nitrogens with one attached hydrogen (secondary N) is 1. The Hall–Kier alpha value is -2.08. The number of methoxy groups -OCH3 is 1. The molecule has 0 fully saturated rings. The molecule has 0 aliphatic rings. The average Bonchev–Trinajstić information content (AvgIpc) is 2.69. The minimum Gasteiger partial charge on any atom is -0.493 e. The predicted molar refractivity (Wildman–Crippen MR) is 118 cm³/mol. The number of hydrogen-bond donors (Lipinski definition) is 1. The van der Waals surface area contributed by atoms with Gasteiger partial charge in [0.2, 0.25) is 0 Å². The molecule has 1 aromatic heterocycles. The standard InChI is InChI=1S/C22H23BrN2O2.ClH/c1-16-5-7-17(8-6-16)15-27-22-20(23)10-19(11-21(22)26-2)14-25-13-18-4-3-9-24-12-18;/h3-12,25H,13-15H2,1-2H3;1H. The van der Waals surface area contributed by atoms with Gasteiger partial charge in [-0.3, -0.25) is 4.98 Å². The van der Waals surface area contributed by atoms with Crippen molar-refractivity contribution >= 4 is 28.3 Å². The molecule has 0 saturated carbocycles. The van der Waals surface area contributed by atoms with Gasteiger partial charge in [0.15, 0.2) is 11.5 Å². The Balaban J connectivity index is 0.00000280. The van der Waals surface area contributed by atoms with Gasteiger partial charge in [-0.1, -0.05) is 35.9 Å². The van der Waals surface area contributed by atoms with Gasteiger partial charge in [-0.2, -0.15) is 0 Å². The normalized spacial score (nSPS) is 10.2. The van der Waals surface area contributed by atoms with Crippen molar-refractivity contribution in [3.63, 3.8) is 0 Å². The van der Waals surface area contributed by atoms with Crippen LogP contribution in [-0.4, -0.2) is 12.1 Å². The molecule has 3 aromatic rings. The summed E-state index contributed by atoms with van der Waals surface area (Å²) in [5, 5.41) is 3.42. The third-order valence-corrected chi connectivity index (χ3v) is 4.76. The van der Waals surface area contributed by atoms with Gasteiger partial charge < -0.3 is 14.8 Å². The van der Waals surface area contributed by atoms with Crippen LogP contribution >= 0.6 is 28.3 Å². The molecule has 0 atom stereocenters. The van der Waals surface area contributed by atoms with E-state index in [0.717, 1.165) is 40.0 Å². The summed E-state index contributed by atoms with van der Waals surface area (Å²) in [7, 11) is 1.66. The van der Waals surface area contributed by atoms with Crippen LogP contribution in [0, 0.1) is 6.92 Å². The highest BCUT2D eigenvalue weighted by Gasteiger charge is 2.12. The number of hydrogen-bond acceptors (Lipinski definition) is 4. The van der Waals surface area contributed by atoms with E-state index >= 15 is 0 Å². The van der Waals surface area contributed by atoms with Gasteiger partial charge >= 0.3 is 0 Å². The predicted octanol–water partition coefficient (Wildman–Crippen LogP) is 5.45. The van der Waals surface area contributed by atoms with Crippen molar-refractivity contribution in [2.75, 3.05) is 7.11 Å². The molecule has 28 heavy (non-hydrogen) atoms. The second-order valence-electron chi connectivity index (χ2n) is 6.35. The van der Waals surface area contributed by atoms with Gasteiger partial charge in [-0.05, 0) is 57.7 Å². The summed E-state index contributed by atoms with van der Waals surface area (Å²) in [4.78, 5) is 4.13. The quantitative estimate of drug-likeness (QED) is 0.482. The lowest BCUT2D eigenvalue weighted by molar-refractivity contribution is 0.282.